The number of carboxylic acids is 1. The van der Waals surface area contributed by atoms with Crippen molar-refractivity contribution < 1.29 is 63.6 Å². The first-order chi connectivity index (χ1) is 25.4. The van der Waals surface area contributed by atoms with Gasteiger partial charge in [-0.25, -0.2) is 4.79 Å². The number of likely N-dealkylation sites (tertiary alicyclic amines) is 1. The number of hydrogen-bond acceptors (Lipinski definition) is 13. The zero-order valence-electron chi connectivity index (χ0n) is 30.7. The molecule has 2 fully saturated rings. The summed E-state index contributed by atoms with van der Waals surface area (Å²) in [6, 6.07) is -7.27. The molecule has 0 saturated carbocycles. The third kappa shape index (κ3) is 13.8. The van der Waals surface area contributed by atoms with Crippen LogP contribution in [0.1, 0.15) is 53.4 Å². The molecule has 22 heteroatoms. The summed E-state index contributed by atoms with van der Waals surface area (Å²) in [5.74, 6) is -8.24. The molecule has 0 radical (unpaired) electrons. The Hall–Kier alpha value is -4.93. The van der Waals surface area contributed by atoms with Gasteiger partial charge < -0.3 is 67.9 Å². The Morgan fingerprint density at radius 2 is 1.28 bits per heavy atom. The summed E-state index contributed by atoms with van der Waals surface area (Å²) in [6.45, 7) is 3.67. The average Bonchev–Trinajstić information content (AvgIpc) is 3.84. The molecule has 54 heavy (non-hydrogen) atoms. The fourth-order valence-corrected chi connectivity index (χ4v) is 5.68. The van der Waals surface area contributed by atoms with E-state index in [9.17, 15) is 58.5 Å². The van der Waals surface area contributed by atoms with Crippen molar-refractivity contribution in [3.63, 3.8) is 0 Å². The van der Waals surface area contributed by atoms with Crippen LogP contribution in [0.15, 0.2) is 0 Å². The van der Waals surface area contributed by atoms with Gasteiger partial charge in [0.25, 0.3) is 0 Å². The highest BCUT2D eigenvalue weighted by atomic mass is 16.4. The van der Waals surface area contributed by atoms with Gasteiger partial charge >= 0.3 is 5.97 Å². The number of hydrogen-bond donors (Lipinski definition) is 12. The van der Waals surface area contributed by atoms with Crippen molar-refractivity contribution in [1.29, 1.82) is 0 Å². The minimum absolute atomic E-state index is 0.164. The van der Waals surface area contributed by atoms with Crippen molar-refractivity contribution in [3.05, 3.63) is 0 Å². The largest absolute Gasteiger partial charge is 0.480 e. The van der Waals surface area contributed by atoms with E-state index < -0.39 is 134 Å². The zero-order chi connectivity index (χ0) is 40.7. The van der Waals surface area contributed by atoms with Crippen LogP contribution in [-0.4, -0.2) is 166 Å². The molecule has 0 aliphatic carbocycles. The maximum absolute atomic E-state index is 13.1. The number of carboxylic acid groups (broad SMARTS) is 1. The van der Waals surface area contributed by atoms with Gasteiger partial charge in [0.05, 0.1) is 44.5 Å². The number of nitrogens with one attached hydrogen (secondary N) is 8. The lowest BCUT2D eigenvalue weighted by Gasteiger charge is -2.26. The van der Waals surface area contributed by atoms with Gasteiger partial charge in [-0.05, 0) is 52.0 Å². The van der Waals surface area contributed by atoms with Crippen molar-refractivity contribution in [3.8, 4) is 0 Å². The Labute approximate surface area is 311 Å². The maximum atomic E-state index is 13.1. The Morgan fingerprint density at radius 3 is 1.83 bits per heavy atom. The molecule has 0 spiro atoms. The lowest BCUT2D eigenvalue weighted by atomic mass is 10.0. The molecule has 304 valence electrons. The highest BCUT2D eigenvalue weighted by Crippen LogP contribution is 2.17. The van der Waals surface area contributed by atoms with Crippen LogP contribution in [-0.2, 0) is 43.2 Å². The van der Waals surface area contributed by atoms with Gasteiger partial charge in [0.2, 0.25) is 47.3 Å². The molecular weight excluding hydrogens is 718 g/mol. The highest BCUT2D eigenvalue weighted by Gasteiger charge is 2.36. The van der Waals surface area contributed by atoms with E-state index in [0.29, 0.717) is 19.4 Å². The Kier molecular flexibility index (Phi) is 18.2. The van der Waals surface area contributed by atoms with E-state index in [1.165, 1.54) is 18.7 Å². The quantitative estimate of drug-likeness (QED) is 0.0548. The molecule has 8 atom stereocenters. The van der Waals surface area contributed by atoms with Gasteiger partial charge in [-0.3, -0.25) is 38.4 Å². The standard InChI is InChI=1S/C32H53N9O13/c1-15(2)24(30(51)36-13-23(47)41-10-6-8-20(41)29(50)34-12-22(46)38-26(17(4)44)32(53)54)39-28(49)19(14-42)37-21(45)11-35-31(52)25(16(3)43)40-27(48)18-7-5-9-33-18/h15-20,24-26,33,42-44H,5-14H2,1-4H3,(H,34,50)(H,35,52)(H,36,51)(H,37,45)(H,38,46)(H,39,49)(H,40,48)(H,53,54)/t16-,17-,18+,19+,20+,24+,25+,26+/m1/s1. The summed E-state index contributed by atoms with van der Waals surface area (Å²) in [5.41, 5.74) is 0. The molecule has 0 bridgehead atoms. The molecule has 8 amide bonds. The Morgan fingerprint density at radius 1 is 0.685 bits per heavy atom. The van der Waals surface area contributed by atoms with Crippen LogP contribution in [0, 0.1) is 5.92 Å². The predicted octanol–water partition coefficient (Wildman–Crippen LogP) is -6.49. The van der Waals surface area contributed by atoms with Gasteiger partial charge in [0.15, 0.2) is 6.04 Å². The topological polar surface area (TPSA) is 334 Å². The van der Waals surface area contributed by atoms with Gasteiger partial charge in [-0.15, -0.1) is 0 Å². The number of carbonyl (C=O) groups excluding carboxylic acids is 8. The molecule has 2 saturated heterocycles. The molecule has 0 unspecified atom stereocenters. The predicted molar refractivity (Wildman–Crippen MR) is 185 cm³/mol. The SMILES string of the molecule is CC(C)[C@H](NC(=O)[C@H](CO)NC(=O)CNC(=O)[C@@H](NC(=O)[C@@H]1CCCN1)[C@@H](C)O)C(=O)NCC(=O)N1CCC[C@H]1C(=O)NCC(=O)N[C@H](C(=O)O)[C@@H](C)O. The number of carbonyl (C=O) groups is 9. The second-order valence-electron chi connectivity index (χ2n) is 13.4. The fourth-order valence-electron chi connectivity index (χ4n) is 5.68. The number of amides is 8. The van der Waals surface area contributed by atoms with Crippen LogP contribution in [0.2, 0.25) is 0 Å². The molecule has 12 N–H and O–H groups in total. The first-order valence-corrected chi connectivity index (χ1v) is 17.6. The number of aliphatic hydroxyl groups excluding tert-OH is 3. The molecule has 0 aromatic carbocycles. The minimum atomic E-state index is -1.59. The smallest absolute Gasteiger partial charge is 0.328 e. The van der Waals surface area contributed by atoms with E-state index >= 15 is 0 Å². The monoisotopic (exact) mass is 771 g/mol. The van der Waals surface area contributed by atoms with E-state index in [0.717, 1.165) is 6.42 Å². The zero-order valence-corrected chi connectivity index (χ0v) is 30.7. The molecule has 22 nitrogen and oxygen atoms in total. The summed E-state index contributed by atoms with van der Waals surface area (Å²) in [6.07, 6.45) is -0.689. The third-order valence-electron chi connectivity index (χ3n) is 8.72. The first-order valence-electron chi connectivity index (χ1n) is 17.6. The summed E-state index contributed by atoms with van der Waals surface area (Å²) in [7, 11) is 0. The van der Waals surface area contributed by atoms with Crippen LogP contribution in [0.4, 0.5) is 0 Å². The van der Waals surface area contributed by atoms with E-state index in [-0.39, 0.29) is 13.0 Å². The second kappa shape index (κ2) is 21.7. The lowest BCUT2D eigenvalue weighted by Crippen LogP contribution is -2.59. The van der Waals surface area contributed by atoms with Gasteiger partial charge in [-0.2, -0.15) is 0 Å². The molecule has 2 rings (SSSR count). The van der Waals surface area contributed by atoms with Gasteiger partial charge in [0, 0.05) is 6.54 Å². The molecule has 2 aliphatic heterocycles. The molecule has 0 aromatic rings. The van der Waals surface area contributed by atoms with E-state index in [4.69, 9.17) is 5.11 Å². The lowest BCUT2D eigenvalue weighted by molar-refractivity contribution is -0.144. The summed E-state index contributed by atoms with van der Waals surface area (Å²) < 4.78 is 0. The van der Waals surface area contributed by atoms with Crippen molar-refractivity contribution in [2.75, 3.05) is 39.3 Å². The van der Waals surface area contributed by atoms with Crippen LogP contribution in [0.25, 0.3) is 0 Å². The fraction of sp³-hybridized carbons (Fsp3) is 0.719. The first kappa shape index (κ1) is 45.2. The van der Waals surface area contributed by atoms with E-state index in [2.05, 4.69) is 42.5 Å². The van der Waals surface area contributed by atoms with Crippen LogP contribution in [0.3, 0.4) is 0 Å². The minimum Gasteiger partial charge on any atom is -0.480 e. The Bertz CT molecular complexity index is 1390. The number of aliphatic carboxylic acids is 1. The highest BCUT2D eigenvalue weighted by molar-refractivity contribution is 5.96. The number of aliphatic hydroxyl groups is 3. The van der Waals surface area contributed by atoms with E-state index in [1.807, 2.05) is 0 Å². The van der Waals surface area contributed by atoms with Gasteiger partial charge in [0.1, 0.15) is 24.2 Å². The van der Waals surface area contributed by atoms with Crippen molar-refractivity contribution in [1.82, 2.24) is 47.4 Å². The summed E-state index contributed by atoms with van der Waals surface area (Å²) in [4.78, 5) is 114. The molecule has 2 aliphatic rings. The molecule has 2 heterocycles. The van der Waals surface area contributed by atoms with Crippen molar-refractivity contribution in [2.24, 2.45) is 5.92 Å². The van der Waals surface area contributed by atoms with Crippen LogP contribution >= 0.6 is 0 Å². The number of rotatable bonds is 20. The Balaban J connectivity index is 1.88. The average molecular weight is 772 g/mol. The molecular formula is C32H53N9O13. The van der Waals surface area contributed by atoms with Crippen molar-refractivity contribution >= 4 is 53.2 Å². The summed E-state index contributed by atoms with van der Waals surface area (Å²) >= 11 is 0. The number of nitrogens with zero attached hydrogens (tertiary/aromatic N) is 1. The summed E-state index contributed by atoms with van der Waals surface area (Å²) in [5, 5.41) is 57.6. The molecule has 0 aromatic heterocycles. The van der Waals surface area contributed by atoms with Gasteiger partial charge in [-0.1, -0.05) is 13.8 Å². The second-order valence-corrected chi connectivity index (χ2v) is 13.4. The maximum Gasteiger partial charge on any atom is 0.328 e. The third-order valence-corrected chi connectivity index (χ3v) is 8.72. The van der Waals surface area contributed by atoms with Crippen molar-refractivity contribution in [2.45, 2.75) is 102 Å². The van der Waals surface area contributed by atoms with E-state index in [1.54, 1.807) is 13.8 Å². The van der Waals surface area contributed by atoms with Crippen LogP contribution < -0.4 is 42.5 Å². The van der Waals surface area contributed by atoms with Crippen LogP contribution in [0.5, 0.6) is 0 Å². The normalized spacial score (nSPS) is 20.0.